The van der Waals surface area contributed by atoms with Crippen molar-refractivity contribution in [1.29, 1.82) is 0 Å². The van der Waals surface area contributed by atoms with Crippen molar-refractivity contribution in [3.63, 3.8) is 0 Å². The lowest BCUT2D eigenvalue weighted by Crippen LogP contribution is -2.09. The van der Waals surface area contributed by atoms with Gasteiger partial charge in [-0.3, -0.25) is 0 Å². The Hall–Kier alpha value is -0.780. The highest BCUT2D eigenvalue weighted by molar-refractivity contribution is 14.1. The molecular formula is C16H14INS. The largest absolute Gasteiger partial charge is 0.319 e. The van der Waals surface area contributed by atoms with Crippen molar-refractivity contribution in [2.24, 2.45) is 5.73 Å². The topological polar surface area (TPSA) is 26.0 Å². The van der Waals surface area contributed by atoms with Crippen molar-refractivity contribution in [3.8, 4) is 0 Å². The Morgan fingerprint density at radius 3 is 2.05 bits per heavy atom. The molecule has 3 heteroatoms. The SMILES string of the molecule is NC(I)CC=C1c2ccccc2Sc2ccccc21. The van der Waals surface area contributed by atoms with Crippen LogP contribution in [0.1, 0.15) is 17.5 Å². The second kappa shape index (κ2) is 5.69. The van der Waals surface area contributed by atoms with Crippen LogP contribution in [0.2, 0.25) is 0 Å². The lowest BCUT2D eigenvalue weighted by atomic mass is 9.96. The maximum atomic E-state index is 5.89. The van der Waals surface area contributed by atoms with Crippen molar-refractivity contribution in [2.45, 2.75) is 20.3 Å². The minimum Gasteiger partial charge on any atom is -0.319 e. The molecule has 1 atom stereocenters. The number of rotatable bonds is 2. The smallest absolute Gasteiger partial charge is 0.0603 e. The number of fused-ring (bicyclic) bond motifs is 2. The summed E-state index contributed by atoms with van der Waals surface area (Å²) in [6.45, 7) is 0. The van der Waals surface area contributed by atoms with Crippen LogP contribution in [0.4, 0.5) is 0 Å². The number of nitrogens with two attached hydrogens (primary N) is 1. The fourth-order valence-corrected chi connectivity index (χ4v) is 3.63. The number of hydrogen-bond donors (Lipinski definition) is 1. The molecule has 2 N–H and O–H groups in total. The quantitative estimate of drug-likeness (QED) is 0.397. The molecule has 19 heavy (non-hydrogen) atoms. The van der Waals surface area contributed by atoms with Gasteiger partial charge in [-0.1, -0.05) is 76.8 Å². The van der Waals surface area contributed by atoms with Crippen LogP contribution >= 0.6 is 34.4 Å². The lowest BCUT2D eigenvalue weighted by molar-refractivity contribution is 0.971. The highest BCUT2D eigenvalue weighted by Crippen LogP contribution is 2.45. The molecule has 0 radical (unpaired) electrons. The van der Waals surface area contributed by atoms with Gasteiger partial charge in [-0.05, 0) is 35.3 Å². The van der Waals surface area contributed by atoms with Gasteiger partial charge in [-0.15, -0.1) is 0 Å². The molecule has 0 fully saturated rings. The van der Waals surface area contributed by atoms with Crippen molar-refractivity contribution < 1.29 is 0 Å². The number of halogens is 1. The van der Waals surface area contributed by atoms with Crippen LogP contribution < -0.4 is 5.73 Å². The standard InChI is InChI=1S/C16H14INS/c17-16(18)10-9-11-12-5-1-3-7-14(12)19-15-8-4-2-6-13(11)15/h1-9,16H,10,18H2. The molecule has 1 aliphatic rings. The fraction of sp³-hybridized carbons (Fsp3) is 0.125. The molecule has 3 rings (SSSR count). The fourth-order valence-electron chi connectivity index (χ4n) is 2.27. The van der Waals surface area contributed by atoms with Gasteiger partial charge in [-0.2, -0.15) is 0 Å². The van der Waals surface area contributed by atoms with E-state index in [-0.39, 0.29) is 4.05 Å². The van der Waals surface area contributed by atoms with Crippen molar-refractivity contribution in [2.75, 3.05) is 0 Å². The highest BCUT2D eigenvalue weighted by atomic mass is 127. The molecule has 0 aliphatic carbocycles. The molecule has 1 nitrogen and oxygen atoms in total. The van der Waals surface area contributed by atoms with E-state index in [1.165, 1.54) is 26.5 Å². The van der Waals surface area contributed by atoms with Gasteiger partial charge in [0.05, 0.1) is 4.05 Å². The van der Waals surface area contributed by atoms with E-state index in [9.17, 15) is 0 Å². The molecule has 0 spiro atoms. The molecule has 96 valence electrons. The molecule has 1 aliphatic heterocycles. The molecular weight excluding hydrogens is 365 g/mol. The van der Waals surface area contributed by atoms with E-state index in [0.717, 1.165) is 6.42 Å². The van der Waals surface area contributed by atoms with Gasteiger partial charge in [0.1, 0.15) is 0 Å². The Kier molecular flexibility index (Phi) is 3.96. The highest BCUT2D eigenvalue weighted by Gasteiger charge is 2.19. The minimum atomic E-state index is 0.166. The number of alkyl halides is 1. The molecule has 2 aromatic rings. The normalized spacial score (nSPS) is 14.5. The van der Waals surface area contributed by atoms with E-state index in [4.69, 9.17) is 5.73 Å². The zero-order valence-electron chi connectivity index (χ0n) is 10.3. The van der Waals surface area contributed by atoms with Crippen molar-refractivity contribution >= 4 is 39.9 Å². The van der Waals surface area contributed by atoms with Crippen LogP contribution in [0.3, 0.4) is 0 Å². The summed E-state index contributed by atoms with van der Waals surface area (Å²) in [5.74, 6) is 0. The average molecular weight is 379 g/mol. The van der Waals surface area contributed by atoms with Crippen LogP contribution in [0.25, 0.3) is 5.57 Å². The predicted molar refractivity (Wildman–Crippen MR) is 90.7 cm³/mol. The third-order valence-electron chi connectivity index (χ3n) is 3.12. The first-order chi connectivity index (χ1) is 9.25. The first-order valence-electron chi connectivity index (χ1n) is 6.22. The maximum Gasteiger partial charge on any atom is 0.0603 e. The third-order valence-corrected chi connectivity index (χ3v) is 4.78. The Bertz CT molecular complexity index is 587. The van der Waals surface area contributed by atoms with Crippen LogP contribution in [-0.4, -0.2) is 4.05 Å². The molecule has 1 heterocycles. The van der Waals surface area contributed by atoms with Gasteiger partial charge in [0.15, 0.2) is 0 Å². The monoisotopic (exact) mass is 379 g/mol. The van der Waals surface area contributed by atoms with E-state index in [1.54, 1.807) is 0 Å². The van der Waals surface area contributed by atoms with Crippen LogP contribution in [0, 0.1) is 0 Å². The second-order valence-corrected chi connectivity index (χ2v) is 7.15. The summed E-state index contributed by atoms with van der Waals surface area (Å²) in [6, 6.07) is 17.2. The average Bonchev–Trinajstić information content (AvgIpc) is 2.43. The van der Waals surface area contributed by atoms with Crippen LogP contribution in [0.15, 0.2) is 64.4 Å². The summed E-state index contributed by atoms with van der Waals surface area (Å²) in [4.78, 5) is 2.66. The number of benzene rings is 2. The van der Waals surface area contributed by atoms with E-state index < -0.39 is 0 Å². The Balaban J connectivity index is 2.14. The summed E-state index contributed by atoms with van der Waals surface area (Å²) >= 11 is 4.11. The summed E-state index contributed by atoms with van der Waals surface area (Å²) in [5, 5.41) is 0. The van der Waals surface area contributed by atoms with E-state index >= 15 is 0 Å². The zero-order chi connectivity index (χ0) is 13.2. The Morgan fingerprint density at radius 2 is 1.53 bits per heavy atom. The van der Waals surface area contributed by atoms with E-state index in [2.05, 4.69) is 77.2 Å². The number of hydrogen-bond acceptors (Lipinski definition) is 2. The molecule has 0 bridgehead atoms. The van der Waals surface area contributed by atoms with Gasteiger partial charge in [0.25, 0.3) is 0 Å². The van der Waals surface area contributed by atoms with Gasteiger partial charge in [0, 0.05) is 9.79 Å². The van der Waals surface area contributed by atoms with Crippen LogP contribution in [0.5, 0.6) is 0 Å². The maximum absolute atomic E-state index is 5.89. The molecule has 0 amide bonds. The minimum absolute atomic E-state index is 0.166. The first kappa shape index (κ1) is 13.2. The first-order valence-corrected chi connectivity index (χ1v) is 8.28. The molecule has 2 aromatic carbocycles. The van der Waals surface area contributed by atoms with Gasteiger partial charge in [-0.25, -0.2) is 0 Å². The predicted octanol–water partition coefficient (Wildman–Crippen LogP) is 4.69. The summed E-state index contributed by atoms with van der Waals surface area (Å²) < 4.78 is 0.166. The van der Waals surface area contributed by atoms with E-state index in [0.29, 0.717) is 0 Å². The molecule has 0 aromatic heterocycles. The zero-order valence-corrected chi connectivity index (χ0v) is 13.3. The third kappa shape index (κ3) is 2.73. The molecule has 0 saturated carbocycles. The second-order valence-electron chi connectivity index (χ2n) is 4.46. The molecule has 1 unspecified atom stereocenters. The van der Waals surface area contributed by atoms with E-state index in [1.807, 2.05) is 11.8 Å². The van der Waals surface area contributed by atoms with Gasteiger partial charge >= 0.3 is 0 Å². The van der Waals surface area contributed by atoms with Crippen molar-refractivity contribution in [1.82, 2.24) is 0 Å². The lowest BCUT2D eigenvalue weighted by Gasteiger charge is -2.22. The molecule has 0 saturated heterocycles. The Labute approximate surface area is 131 Å². The summed E-state index contributed by atoms with van der Waals surface area (Å²) in [7, 11) is 0. The summed E-state index contributed by atoms with van der Waals surface area (Å²) in [6.07, 6.45) is 3.16. The Morgan fingerprint density at radius 1 is 1.00 bits per heavy atom. The van der Waals surface area contributed by atoms with Gasteiger partial charge in [0.2, 0.25) is 0 Å². The van der Waals surface area contributed by atoms with Gasteiger partial charge < -0.3 is 5.73 Å². The van der Waals surface area contributed by atoms with Crippen LogP contribution in [-0.2, 0) is 0 Å². The van der Waals surface area contributed by atoms with Crippen molar-refractivity contribution in [3.05, 3.63) is 65.7 Å². The summed E-state index contributed by atoms with van der Waals surface area (Å²) in [5.41, 5.74) is 9.85.